The van der Waals surface area contributed by atoms with E-state index in [2.05, 4.69) is 47.8 Å². The van der Waals surface area contributed by atoms with E-state index in [4.69, 9.17) is 4.74 Å². The average Bonchev–Trinajstić information content (AvgIpc) is 2.81. The van der Waals surface area contributed by atoms with Crippen LogP contribution in [0, 0.1) is 0 Å². The molecule has 0 saturated heterocycles. The second kappa shape index (κ2) is 11.1. The van der Waals surface area contributed by atoms with Crippen LogP contribution < -0.4 is 20.7 Å². The van der Waals surface area contributed by atoms with Crippen molar-refractivity contribution in [3.8, 4) is 5.75 Å². The third-order valence-corrected chi connectivity index (χ3v) is 4.95. The molecule has 0 spiro atoms. The number of hydrogen-bond acceptors (Lipinski definition) is 4. The molecule has 3 aromatic rings. The van der Waals surface area contributed by atoms with Crippen molar-refractivity contribution in [1.82, 2.24) is 15.6 Å². The summed E-state index contributed by atoms with van der Waals surface area (Å²) in [7, 11) is 0. The Hall–Kier alpha value is -3.87. The zero-order valence-corrected chi connectivity index (χ0v) is 19.2. The van der Waals surface area contributed by atoms with Crippen molar-refractivity contribution in [2.75, 3.05) is 18.5 Å². The summed E-state index contributed by atoms with van der Waals surface area (Å²) in [6, 6.07) is 18.4. The Bertz CT molecular complexity index is 1060. The number of benzene rings is 2. The number of rotatable bonds is 8. The zero-order valence-electron chi connectivity index (χ0n) is 19.2. The van der Waals surface area contributed by atoms with Gasteiger partial charge in [-0.1, -0.05) is 45.0 Å². The molecule has 7 nitrogen and oxygen atoms in total. The van der Waals surface area contributed by atoms with E-state index in [9.17, 15) is 9.59 Å². The fourth-order valence-corrected chi connectivity index (χ4v) is 3.04. The van der Waals surface area contributed by atoms with Crippen LogP contribution >= 0.6 is 0 Å². The summed E-state index contributed by atoms with van der Waals surface area (Å²) in [6.07, 6.45) is 3.13. The number of carbonyl (C=O) groups excluding carboxylic acids is 2. The number of carbonyl (C=O) groups is 2. The molecule has 3 rings (SSSR count). The molecule has 3 N–H and O–H groups in total. The Morgan fingerprint density at radius 1 is 0.970 bits per heavy atom. The molecular formula is C26H30N4O3. The molecule has 0 aliphatic rings. The smallest absolute Gasteiger partial charge is 0.315 e. The van der Waals surface area contributed by atoms with Gasteiger partial charge < -0.3 is 20.7 Å². The SMILES string of the molecule is CC(C)(C)c1cccc(OCCNC(=O)NCc2ccc(NC(=O)c3cccnc3)cc2)c1. The van der Waals surface area contributed by atoms with Gasteiger partial charge in [0.25, 0.3) is 5.91 Å². The van der Waals surface area contributed by atoms with Crippen LogP contribution in [0.15, 0.2) is 73.1 Å². The minimum Gasteiger partial charge on any atom is -0.492 e. The van der Waals surface area contributed by atoms with E-state index in [0.29, 0.717) is 30.9 Å². The van der Waals surface area contributed by atoms with Crippen molar-refractivity contribution >= 4 is 17.6 Å². The first kappa shape index (κ1) is 23.8. The molecule has 3 amide bonds. The van der Waals surface area contributed by atoms with E-state index in [1.54, 1.807) is 30.5 Å². The number of hydrogen-bond donors (Lipinski definition) is 3. The zero-order chi connectivity index (χ0) is 23.7. The van der Waals surface area contributed by atoms with Crippen LogP contribution in [0.5, 0.6) is 5.75 Å². The maximum Gasteiger partial charge on any atom is 0.315 e. The standard InChI is InChI=1S/C26H30N4O3/c1-26(2,3)21-7-4-8-23(16-21)33-15-14-28-25(32)29-17-19-9-11-22(12-10-19)30-24(31)20-6-5-13-27-18-20/h4-13,16,18H,14-15,17H2,1-3H3,(H,30,31)(H2,28,29,32). The number of anilines is 1. The highest BCUT2D eigenvalue weighted by molar-refractivity contribution is 6.04. The Morgan fingerprint density at radius 3 is 2.45 bits per heavy atom. The first-order chi connectivity index (χ1) is 15.8. The van der Waals surface area contributed by atoms with Crippen LogP contribution in [0.1, 0.15) is 42.3 Å². The first-order valence-electron chi connectivity index (χ1n) is 10.9. The number of ether oxygens (including phenoxy) is 1. The predicted molar refractivity (Wildman–Crippen MR) is 130 cm³/mol. The number of urea groups is 1. The molecule has 0 bridgehead atoms. The highest BCUT2D eigenvalue weighted by Crippen LogP contribution is 2.25. The maximum atomic E-state index is 12.2. The van der Waals surface area contributed by atoms with E-state index in [1.807, 2.05) is 30.3 Å². The molecule has 172 valence electrons. The minimum absolute atomic E-state index is 0.0562. The Balaban J connectivity index is 1.36. The molecule has 0 fully saturated rings. The van der Waals surface area contributed by atoms with Crippen LogP contribution in [0.25, 0.3) is 0 Å². The molecular weight excluding hydrogens is 416 g/mol. The third-order valence-electron chi connectivity index (χ3n) is 4.95. The summed E-state index contributed by atoms with van der Waals surface area (Å²) in [6.45, 7) is 7.62. The van der Waals surface area contributed by atoms with Crippen molar-refractivity contribution in [2.45, 2.75) is 32.7 Å². The summed E-state index contributed by atoms with van der Waals surface area (Å²) < 4.78 is 5.75. The van der Waals surface area contributed by atoms with Gasteiger partial charge in [0, 0.05) is 24.6 Å². The van der Waals surface area contributed by atoms with Crippen LogP contribution in [-0.4, -0.2) is 30.1 Å². The molecule has 0 saturated carbocycles. The number of pyridine rings is 1. The van der Waals surface area contributed by atoms with Gasteiger partial charge in [0.05, 0.1) is 12.1 Å². The van der Waals surface area contributed by atoms with E-state index < -0.39 is 0 Å². The fraction of sp³-hybridized carbons (Fsp3) is 0.269. The molecule has 1 heterocycles. The van der Waals surface area contributed by atoms with Crippen molar-refractivity contribution in [3.63, 3.8) is 0 Å². The fourth-order valence-electron chi connectivity index (χ4n) is 3.04. The molecule has 2 aromatic carbocycles. The Labute approximate surface area is 194 Å². The van der Waals surface area contributed by atoms with Gasteiger partial charge in [0.2, 0.25) is 0 Å². The van der Waals surface area contributed by atoms with Crippen molar-refractivity contribution < 1.29 is 14.3 Å². The Morgan fingerprint density at radius 2 is 1.76 bits per heavy atom. The van der Waals surface area contributed by atoms with Crippen molar-refractivity contribution in [2.24, 2.45) is 0 Å². The van der Waals surface area contributed by atoms with Gasteiger partial charge >= 0.3 is 6.03 Å². The lowest BCUT2D eigenvalue weighted by atomic mass is 9.87. The maximum absolute atomic E-state index is 12.2. The molecule has 33 heavy (non-hydrogen) atoms. The van der Waals surface area contributed by atoms with Gasteiger partial charge in [-0.3, -0.25) is 9.78 Å². The summed E-state index contributed by atoms with van der Waals surface area (Å²) in [5.74, 6) is 0.570. The van der Waals surface area contributed by atoms with Gasteiger partial charge in [0.1, 0.15) is 12.4 Å². The normalized spacial score (nSPS) is 10.9. The molecule has 0 aliphatic heterocycles. The summed E-state index contributed by atoms with van der Waals surface area (Å²) in [4.78, 5) is 28.1. The molecule has 0 radical (unpaired) electrons. The van der Waals surface area contributed by atoms with Crippen molar-refractivity contribution in [1.29, 1.82) is 0 Å². The summed E-state index contributed by atoms with van der Waals surface area (Å²) in [5, 5.41) is 8.41. The van der Waals surface area contributed by atoms with Crippen molar-refractivity contribution in [3.05, 3.63) is 89.7 Å². The number of nitrogens with zero attached hydrogens (tertiary/aromatic N) is 1. The van der Waals surface area contributed by atoms with Gasteiger partial charge in [-0.2, -0.15) is 0 Å². The molecule has 0 unspecified atom stereocenters. The Kier molecular flexibility index (Phi) is 8.02. The number of nitrogens with one attached hydrogen (secondary N) is 3. The number of amides is 3. The molecule has 1 aromatic heterocycles. The van der Waals surface area contributed by atoms with Crippen LogP contribution in [-0.2, 0) is 12.0 Å². The van der Waals surface area contributed by atoms with Gasteiger partial charge in [0.15, 0.2) is 0 Å². The minimum atomic E-state index is -0.268. The molecule has 0 aliphatic carbocycles. The largest absolute Gasteiger partial charge is 0.492 e. The molecule has 0 atom stereocenters. The average molecular weight is 447 g/mol. The van der Waals surface area contributed by atoms with Gasteiger partial charge in [-0.15, -0.1) is 0 Å². The van der Waals surface area contributed by atoms with E-state index in [0.717, 1.165) is 11.3 Å². The monoisotopic (exact) mass is 446 g/mol. The van der Waals surface area contributed by atoms with E-state index in [-0.39, 0.29) is 17.4 Å². The van der Waals surface area contributed by atoms with Crippen LogP contribution in [0.2, 0.25) is 0 Å². The highest BCUT2D eigenvalue weighted by Gasteiger charge is 2.13. The predicted octanol–water partition coefficient (Wildman–Crippen LogP) is 4.51. The summed E-state index contributed by atoms with van der Waals surface area (Å²) in [5.41, 5.74) is 3.34. The lowest BCUT2D eigenvalue weighted by Gasteiger charge is -2.19. The quantitative estimate of drug-likeness (QED) is 0.444. The second-order valence-electron chi connectivity index (χ2n) is 8.63. The van der Waals surface area contributed by atoms with Crippen LogP contribution in [0.3, 0.4) is 0 Å². The van der Waals surface area contributed by atoms with E-state index >= 15 is 0 Å². The summed E-state index contributed by atoms with van der Waals surface area (Å²) >= 11 is 0. The second-order valence-corrected chi connectivity index (χ2v) is 8.63. The lowest BCUT2D eigenvalue weighted by Crippen LogP contribution is -2.37. The van der Waals surface area contributed by atoms with Gasteiger partial charge in [-0.05, 0) is 52.9 Å². The van der Waals surface area contributed by atoms with E-state index in [1.165, 1.54) is 11.8 Å². The first-order valence-corrected chi connectivity index (χ1v) is 10.9. The topological polar surface area (TPSA) is 92.4 Å². The molecule has 7 heteroatoms. The van der Waals surface area contributed by atoms with Crippen LogP contribution in [0.4, 0.5) is 10.5 Å². The highest BCUT2D eigenvalue weighted by atomic mass is 16.5. The lowest BCUT2D eigenvalue weighted by molar-refractivity contribution is 0.102. The van der Waals surface area contributed by atoms with Gasteiger partial charge in [-0.25, -0.2) is 4.79 Å². The third kappa shape index (κ3) is 7.64. The number of aromatic nitrogens is 1.